The van der Waals surface area contributed by atoms with E-state index in [1.54, 1.807) is 7.11 Å². The van der Waals surface area contributed by atoms with E-state index < -0.39 is 0 Å². The Kier molecular flexibility index (Phi) is 2.45. The van der Waals surface area contributed by atoms with E-state index in [4.69, 9.17) is 4.74 Å². The zero-order valence-electron chi connectivity index (χ0n) is 9.76. The van der Waals surface area contributed by atoms with Crippen molar-refractivity contribution in [2.45, 2.75) is 5.92 Å². The fraction of sp³-hybridized carbons (Fsp3) is 0.125. The van der Waals surface area contributed by atoms with E-state index in [1.165, 1.54) is 16.3 Å². The van der Waals surface area contributed by atoms with Crippen LogP contribution in [0.25, 0.3) is 10.8 Å². The molecule has 2 aromatic rings. The van der Waals surface area contributed by atoms with Crippen molar-refractivity contribution in [1.82, 2.24) is 0 Å². The average molecular weight is 222 g/mol. The number of fused-ring (bicyclic) bond motifs is 1. The molecule has 2 aromatic carbocycles. The maximum atomic E-state index is 5.60. The standard InChI is InChI=1S/C16H14O/c1-17-16-14-9-5-4-8-13(14)10-11-15(16)12-6-2-3-7-12/h2-12H,1H3. The van der Waals surface area contributed by atoms with Crippen LogP contribution in [-0.4, -0.2) is 7.11 Å². The van der Waals surface area contributed by atoms with Crippen LogP contribution in [0.3, 0.4) is 0 Å². The molecule has 3 rings (SSSR count). The van der Waals surface area contributed by atoms with Gasteiger partial charge in [0.2, 0.25) is 0 Å². The van der Waals surface area contributed by atoms with Gasteiger partial charge in [-0.3, -0.25) is 0 Å². The van der Waals surface area contributed by atoms with Crippen LogP contribution in [0.4, 0.5) is 0 Å². The van der Waals surface area contributed by atoms with Gasteiger partial charge in [-0.2, -0.15) is 0 Å². The van der Waals surface area contributed by atoms with E-state index >= 15 is 0 Å². The third kappa shape index (κ3) is 1.64. The zero-order chi connectivity index (χ0) is 11.7. The quantitative estimate of drug-likeness (QED) is 0.744. The summed E-state index contributed by atoms with van der Waals surface area (Å²) < 4.78 is 5.60. The summed E-state index contributed by atoms with van der Waals surface area (Å²) >= 11 is 0. The second-order valence-electron chi connectivity index (χ2n) is 4.20. The fourth-order valence-electron chi connectivity index (χ4n) is 2.39. The molecule has 0 unspecified atom stereocenters. The van der Waals surface area contributed by atoms with Crippen LogP contribution in [0, 0.1) is 0 Å². The Balaban J connectivity index is 2.25. The van der Waals surface area contributed by atoms with Crippen molar-refractivity contribution in [3.8, 4) is 5.75 Å². The predicted octanol–water partition coefficient (Wildman–Crippen LogP) is 4.06. The van der Waals surface area contributed by atoms with E-state index in [0.717, 1.165) is 5.75 Å². The number of ether oxygens (including phenoxy) is 1. The van der Waals surface area contributed by atoms with Crippen molar-refractivity contribution in [3.63, 3.8) is 0 Å². The number of methoxy groups -OCH3 is 1. The molecule has 0 aromatic heterocycles. The van der Waals surface area contributed by atoms with Crippen molar-refractivity contribution >= 4 is 10.8 Å². The Morgan fingerprint density at radius 1 is 0.941 bits per heavy atom. The van der Waals surface area contributed by atoms with Crippen LogP contribution >= 0.6 is 0 Å². The number of hydrogen-bond acceptors (Lipinski definition) is 1. The molecule has 0 radical (unpaired) electrons. The van der Waals surface area contributed by atoms with Gasteiger partial charge in [0.25, 0.3) is 0 Å². The lowest BCUT2D eigenvalue weighted by Gasteiger charge is -2.14. The molecule has 0 heterocycles. The lowest BCUT2D eigenvalue weighted by Crippen LogP contribution is -1.96. The average Bonchev–Trinajstić information content (AvgIpc) is 2.91. The summed E-state index contributed by atoms with van der Waals surface area (Å²) in [6.45, 7) is 0. The maximum absolute atomic E-state index is 5.60. The highest BCUT2D eigenvalue weighted by atomic mass is 16.5. The summed E-state index contributed by atoms with van der Waals surface area (Å²) in [6, 6.07) is 12.6. The Labute approximate surface area is 101 Å². The largest absolute Gasteiger partial charge is 0.496 e. The third-order valence-corrected chi connectivity index (χ3v) is 3.22. The van der Waals surface area contributed by atoms with Gasteiger partial charge in [-0.05, 0) is 5.39 Å². The molecule has 1 heteroatoms. The summed E-state index contributed by atoms with van der Waals surface area (Å²) in [5, 5.41) is 2.40. The van der Waals surface area contributed by atoms with Crippen molar-refractivity contribution in [2.24, 2.45) is 0 Å². The Bertz CT molecular complexity index is 596. The first-order valence-corrected chi connectivity index (χ1v) is 5.81. The molecular weight excluding hydrogens is 208 g/mol. The van der Waals surface area contributed by atoms with E-state index in [2.05, 4.69) is 60.7 Å². The van der Waals surface area contributed by atoms with Gasteiger partial charge in [0.1, 0.15) is 5.75 Å². The minimum Gasteiger partial charge on any atom is -0.496 e. The van der Waals surface area contributed by atoms with Crippen molar-refractivity contribution in [2.75, 3.05) is 7.11 Å². The highest BCUT2D eigenvalue weighted by Crippen LogP contribution is 2.36. The summed E-state index contributed by atoms with van der Waals surface area (Å²) in [5.74, 6) is 1.33. The molecule has 0 amide bonds. The van der Waals surface area contributed by atoms with Crippen LogP contribution in [0.2, 0.25) is 0 Å². The lowest BCUT2D eigenvalue weighted by atomic mass is 9.96. The number of hydrogen-bond donors (Lipinski definition) is 0. The molecule has 1 aliphatic carbocycles. The highest BCUT2D eigenvalue weighted by Gasteiger charge is 2.14. The van der Waals surface area contributed by atoms with Crippen LogP contribution in [-0.2, 0) is 0 Å². The molecular formula is C16H14O. The molecule has 0 fully saturated rings. The first kappa shape index (κ1) is 10.2. The lowest BCUT2D eigenvalue weighted by molar-refractivity contribution is 0.415. The van der Waals surface area contributed by atoms with E-state index in [-0.39, 0.29) is 0 Å². The summed E-state index contributed by atoms with van der Waals surface area (Å²) in [7, 11) is 1.74. The molecule has 0 atom stereocenters. The maximum Gasteiger partial charge on any atom is 0.130 e. The van der Waals surface area contributed by atoms with Crippen molar-refractivity contribution in [3.05, 3.63) is 66.3 Å². The van der Waals surface area contributed by atoms with Crippen LogP contribution in [0.5, 0.6) is 5.75 Å². The van der Waals surface area contributed by atoms with Gasteiger partial charge in [-0.15, -0.1) is 0 Å². The van der Waals surface area contributed by atoms with Gasteiger partial charge < -0.3 is 4.74 Å². The topological polar surface area (TPSA) is 9.23 Å². The zero-order valence-corrected chi connectivity index (χ0v) is 9.76. The highest BCUT2D eigenvalue weighted by molar-refractivity contribution is 5.90. The number of rotatable bonds is 2. The van der Waals surface area contributed by atoms with E-state index in [9.17, 15) is 0 Å². The molecule has 0 saturated heterocycles. The van der Waals surface area contributed by atoms with E-state index in [1.807, 2.05) is 0 Å². The molecule has 0 spiro atoms. The van der Waals surface area contributed by atoms with Crippen LogP contribution in [0.1, 0.15) is 11.5 Å². The molecule has 84 valence electrons. The Morgan fingerprint density at radius 2 is 1.71 bits per heavy atom. The number of allylic oxidation sites excluding steroid dienone is 4. The smallest absolute Gasteiger partial charge is 0.130 e. The third-order valence-electron chi connectivity index (χ3n) is 3.22. The minimum atomic E-state index is 0.342. The summed E-state index contributed by atoms with van der Waals surface area (Å²) in [6.07, 6.45) is 8.54. The molecule has 0 bridgehead atoms. The van der Waals surface area contributed by atoms with Gasteiger partial charge in [0, 0.05) is 16.9 Å². The first-order chi connectivity index (χ1) is 8.40. The summed E-state index contributed by atoms with van der Waals surface area (Å²) in [4.78, 5) is 0. The molecule has 0 saturated carbocycles. The van der Waals surface area contributed by atoms with Crippen LogP contribution < -0.4 is 4.74 Å². The number of benzene rings is 2. The van der Waals surface area contributed by atoms with Crippen molar-refractivity contribution < 1.29 is 4.74 Å². The second kappa shape index (κ2) is 4.10. The Hall–Kier alpha value is -2.02. The van der Waals surface area contributed by atoms with Gasteiger partial charge in [0.15, 0.2) is 0 Å². The van der Waals surface area contributed by atoms with Gasteiger partial charge in [-0.25, -0.2) is 0 Å². The molecule has 0 N–H and O–H groups in total. The van der Waals surface area contributed by atoms with Gasteiger partial charge >= 0.3 is 0 Å². The normalized spacial score (nSPS) is 14.6. The molecule has 1 nitrogen and oxygen atoms in total. The predicted molar refractivity (Wildman–Crippen MR) is 71.5 cm³/mol. The minimum absolute atomic E-state index is 0.342. The van der Waals surface area contributed by atoms with Gasteiger partial charge in [0.05, 0.1) is 7.11 Å². The molecule has 1 aliphatic rings. The Morgan fingerprint density at radius 3 is 2.47 bits per heavy atom. The second-order valence-corrected chi connectivity index (χ2v) is 4.20. The van der Waals surface area contributed by atoms with E-state index in [0.29, 0.717) is 5.92 Å². The SMILES string of the molecule is COc1c(C2C=CC=C2)ccc2ccccc12. The summed E-state index contributed by atoms with van der Waals surface area (Å²) in [5.41, 5.74) is 1.23. The molecule has 17 heavy (non-hydrogen) atoms. The van der Waals surface area contributed by atoms with Crippen LogP contribution in [0.15, 0.2) is 60.7 Å². The monoisotopic (exact) mass is 222 g/mol. The van der Waals surface area contributed by atoms with Crippen molar-refractivity contribution in [1.29, 1.82) is 0 Å². The molecule has 0 aliphatic heterocycles. The first-order valence-electron chi connectivity index (χ1n) is 5.81. The fourth-order valence-corrected chi connectivity index (χ4v) is 2.39. The van der Waals surface area contributed by atoms with Gasteiger partial charge in [-0.1, -0.05) is 60.7 Å².